The molecule has 0 saturated carbocycles. The van der Waals surface area contributed by atoms with Crippen LogP contribution in [0.4, 0.5) is 0 Å². The minimum absolute atomic E-state index is 0.110. The van der Waals surface area contributed by atoms with Crippen molar-refractivity contribution >= 4 is 5.78 Å². The number of para-hydroxylation sites is 1. The average molecular weight is 315 g/mol. The zero-order valence-electron chi connectivity index (χ0n) is 14.5. The van der Waals surface area contributed by atoms with E-state index in [9.17, 15) is 9.59 Å². The maximum atomic E-state index is 12.9. The van der Waals surface area contributed by atoms with Gasteiger partial charge in [0.2, 0.25) is 0 Å². The lowest BCUT2D eigenvalue weighted by Gasteiger charge is -2.24. The first-order chi connectivity index (χ1) is 10.9. The third-order valence-corrected chi connectivity index (χ3v) is 4.54. The summed E-state index contributed by atoms with van der Waals surface area (Å²) in [6.45, 7) is 9.29. The summed E-state index contributed by atoms with van der Waals surface area (Å²) in [4.78, 5) is 27.8. The van der Waals surface area contributed by atoms with Gasteiger partial charge in [-0.3, -0.25) is 19.2 Å². The molecule has 124 valence electrons. The molecular formula is C18H25N3O2. The van der Waals surface area contributed by atoms with Crippen LogP contribution in [0.25, 0.3) is 5.69 Å². The van der Waals surface area contributed by atoms with Crippen LogP contribution in [0.3, 0.4) is 0 Å². The molecule has 1 aromatic heterocycles. The standard InChI is InChI=1S/C18H25N3O2/c1-6-20(7-2)14(4)17(22)16-13(3)19(5)21(18(16)23)15-11-9-8-10-12-15/h8-12,14H,6-7H2,1-5H3. The molecule has 0 aliphatic heterocycles. The molecule has 1 unspecified atom stereocenters. The van der Waals surface area contributed by atoms with Crippen molar-refractivity contribution in [3.63, 3.8) is 0 Å². The Morgan fingerprint density at radius 2 is 1.74 bits per heavy atom. The number of nitrogens with zero attached hydrogens (tertiary/aromatic N) is 3. The maximum Gasteiger partial charge on any atom is 0.282 e. The van der Waals surface area contributed by atoms with E-state index < -0.39 is 0 Å². The van der Waals surface area contributed by atoms with Crippen molar-refractivity contribution < 1.29 is 4.79 Å². The Morgan fingerprint density at radius 3 is 2.26 bits per heavy atom. The molecule has 2 rings (SSSR count). The molecule has 23 heavy (non-hydrogen) atoms. The molecule has 1 aromatic carbocycles. The summed E-state index contributed by atoms with van der Waals surface area (Å²) in [5, 5.41) is 0. The third-order valence-electron chi connectivity index (χ3n) is 4.54. The summed E-state index contributed by atoms with van der Waals surface area (Å²) in [5.41, 5.74) is 1.50. The molecule has 0 bridgehead atoms. The number of carbonyl (C=O) groups excluding carboxylic acids is 1. The third kappa shape index (κ3) is 3.01. The van der Waals surface area contributed by atoms with Crippen LogP contribution < -0.4 is 5.56 Å². The Labute approximate surface area is 137 Å². The number of aromatic nitrogens is 2. The van der Waals surface area contributed by atoms with Crippen LogP contribution >= 0.6 is 0 Å². The van der Waals surface area contributed by atoms with Crippen LogP contribution in [-0.4, -0.2) is 39.2 Å². The van der Waals surface area contributed by atoms with Crippen molar-refractivity contribution in [1.82, 2.24) is 14.3 Å². The van der Waals surface area contributed by atoms with Crippen LogP contribution in [0.2, 0.25) is 0 Å². The molecule has 5 heteroatoms. The highest BCUT2D eigenvalue weighted by atomic mass is 16.2. The fourth-order valence-electron chi connectivity index (χ4n) is 3.00. The Bertz CT molecular complexity index is 740. The van der Waals surface area contributed by atoms with Crippen molar-refractivity contribution in [2.45, 2.75) is 33.7 Å². The highest BCUT2D eigenvalue weighted by Gasteiger charge is 2.28. The summed E-state index contributed by atoms with van der Waals surface area (Å²) >= 11 is 0. The molecule has 2 aromatic rings. The van der Waals surface area contributed by atoms with E-state index in [1.807, 2.05) is 65.1 Å². The Kier molecular flexibility index (Phi) is 5.21. The van der Waals surface area contributed by atoms with Gasteiger partial charge in [0.15, 0.2) is 5.78 Å². The van der Waals surface area contributed by atoms with Gasteiger partial charge in [0.25, 0.3) is 5.56 Å². The number of benzene rings is 1. The Balaban J connectivity index is 2.54. The number of hydrogen-bond acceptors (Lipinski definition) is 3. The van der Waals surface area contributed by atoms with Crippen molar-refractivity contribution in [1.29, 1.82) is 0 Å². The van der Waals surface area contributed by atoms with E-state index >= 15 is 0 Å². The van der Waals surface area contributed by atoms with Gasteiger partial charge in [0, 0.05) is 12.7 Å². The Hall–Kier alpha value is -2.14. The predicted molar refractivity (Wildman–Crippen MR) is 92.5 cm³/mol. The minimum atomic E-state index is -0.303. The van der Waals surface area contributed by atoms with E-state index in [1.54, 1.807) is 9.36 Å². The molecule has 1 atom stereocenters. The highest BCUT2D eigenvalue weighted by Crippen LogP contribution is 2.14. The van der Waals surface area contributed by atoms with Gasteiger partial charge in [-0.25, -0.2) is 4.68 Å². The topological polar surface area (TPSA) is 47.2 Å². The van der Waals surface area contributed by atoms with Crippen molar-refractivity contribution in [2.24, 2.45) is 7.05 Å². The summed E-state index contributed by atoms with van der Waals surface area (Å²) in [6.07, 6.45) is 0. The first kappa shape index (κ1) is 17.2. The number of hydrogen-bond donors (Lipinski definition) is 0. The number of carbonyl (C=O) groups is 1. The van der Waals surface area contributed by atoms with E-state index in [0.717, 1.165) is 18.8 Å². The second kappa shape index (κ2) is 6.96. The normalized spacial score (nSPS) is 12.6. The number of Topliss-reactive ketones (excluding diaryl/α,β-unsaturated/α-hetero) is 1. The van der Waals surface area contributed by atoms with Gasteiger partial charge in [-0.2, -0.15) is 0 Å². The van der Waals surface area contributed by atoms with Crippen molar-refractivity contribution in [3.05, 3.63) is 51.9 Å². The Morgan fingerprint density at radius 1 is 1.17 bits per heavy atom. The van der Waals surface area contributed by atoms with Crippen molar-refractivity contribution in [3.8, 4) is 5.69 Å². The van der Waals surface area contributed by atoms with Crippen molar-refractivity contribution in [2.75, 3.05) is 13.1 Å². The SMILES string of the molecule is CCN(CC)C(C)C(=O)c1c(C)n(C)n(-c2ccccc2)c1=O. The number of likely N-dealkylation sites (N-methyl/N-ethyl adjacent to an activating group) is 1. The van der Waals surface area contributed by atoms with Gasteiger partial charge in [-0.1, -0.05) is 32.0 Å². The zero-order chi connectivity index (χ0) is 17.1. The molecule has 1 heterocycles. The van der Waals surface area contributed by atoms with E-state index in [2.05, 4.69) is 4.90 Å². The first-order valence-electron chi connectivity index (χ1n) is 8.06. The van der Waals surface area contributed by atoms with E-state index in [1.165, 1.54) is 0 Å². The first-order valence-corrected chi connectivity index (χ1v) is 8.06. The van der Waals surface area contributed by atoms with Gasteiger partial charge >= 0.3 is 0 Å². The molecule has 0 N–H and O–H groups in total. The fraction of sp³-hybridized carbons (Fsp3) is 0.444. The maximum absolute atomic E-state index is 12.9. The smallest absolute Gasteiger partial charge is 0.282 e. The van der Waals surface area contributed by atoms with Gasteiger partial charge < -0.3 is 0 Å². The molecule has 0 radical (unpaired) electrons. The molecule has 0 amide bonds. The number of rotatable bonds is 6. The van der Waals surface area contributed by atoms with Crippen LogP contribution in [0.1, 0.15) is 36.8 Å². The lowest BCUT2D eigenvalue weighted by Crippen LogP contribution is -2.40. The highest BCUT2D eigenvalue weighted by molar-refractivity contribution is 6.00. The molecule has 0 saturated heterocycles. The summed E-state index contributed by atoms with van der Waals surface area (Å²) < 4.78 is 3.30. The van der Waals surface area contributed by atoms with E-state index in [4.69, 9.17) is 0 Å². The predicted octanol–water partition coefficient (Wildman–Crippen LogP) is 2.40. The summed E-state index contributed by atoms with van der Waals surface area (Å²) in [6, 6.07) is 9.09. The van der Waals surface area contributed by atoms with Crippen LogP contribution in [-0.2, 0) is 7.05 Å². The molecule has 0 aliphatic rings. The molecular weight excluding hydrogens is 290 g/mol. The van der Waals surface area contributed by atoms with E-state index in [0.29, 0.717) is 5.69 Å². The molecule has 5 nitrogen and oxygen atoms in total. The lowest BCUT2D eigenvalue weighted by atomic mass is 10.0. The monoisotopic (exact) mass is 315 g/mol. The quantitative estimate of drug-likeness (QED) is 0.769. The van der Waals surface area contributed by atoms with Crippen LogP contribution in [0.15, 0.2) is 35.1 Å². The largest absolute Gasteiger partial charge is 0.294 e. The minimum Gasteiger partial charge on any atom is -0.294 e. The molecule has 0 aliphatic carbocycles. The van der Waals surface area contributed by atoms with Gasteiger partial charge in [-0.15, -0.1) is 0 Å². The van der Waals surface area contributed by atoms with Gasteiger partial charge in [-0.05, 0) is 39.1 Å². The fourth-order valence-corrected chi connectivity index (χ4v) is 3.00. The van der Waals surface area contributed by atoms with Gasteiger partial charge in [0.05, 0.1) is 11.7 Å². The molecule has 0 spiro atoms. The number of ketones is 1. The summed E-state index contributed by atoms with van der Waals surface area (Å²) in [5.74, 6) is -0.110. The second-order valence-corrected chi connectivity index (χ2v) is 5.70. The van der Waals surface area contributed by atoms with Crippen LogP contribution in [0, 0.1) is 6.92 Å². The lowest BCUT2D eigenvalue weighted by molar-refractivity contribution is 0.0849. The average Bonchev–Trinajstić information content (AvgIpc) is 2.78. The van der Waals surface area contributed by atoms with Gasteiger partial charge in [0.1, 0.15) is 5.56 Å². The summed E-state index contributed by atoms with van der Waals surface area (Å²) in [7, 11) is 1.81. The van der Waals surface area contributed by atoms with E-state index in [-0.39, 0.29) is 22.9 Å². The second-order valence-electron chi connectivity index (χ2n) is 5.70. The van der Waals surface area contributed by atoms with Crippen LogP contribution in [0.5, 0.6) is 0 Å². The zero-order valence-corrected chi connectivity index (χ0v) is 14.5. The molecule has 0 fully saturated rings.